The molecule has 3 aromatic rings. The third-order valence-electron chi connectivity index (χ3n) is 3.80. The Morgan fingerprint density at radius 2 is 2.12 bits per heavy atom. The number of ether oxygens (including phenoxy) is 2. The molecule has 0 radical (unpaired) electrons. The number of hydrogen-bond acceptors (Lipinski definition) is 7. The van der Waals surface area contributed by atoms with Gasteiger partial charge in [-0.15, -0.1) is 0 Å². The number of aromatic nitrogens is 4. The second-order valence-electron chi connectivity index (χ2n) is 5.49. The Bertz CT molecular complexity index is 1070. The molecule has 9 nitrogen and oxygen atoms in total. The number of rotatable bonds is 4. The van der Waals surface area contributed by atoms with Gasteiger partial charge in [-0.1, -0.05) is 6.92 Å². The minimum atomic E-state index is -0.587. The summed E-state index contributed by atoms with van der Waals surface area (Å²) in [5.41, 5.74) is -0.512. The molecule has 2 aromatic heterocycles. The summed E-state index contributed by atoms with van der Waals surface area (Å²) in [7, 11) is 0. The van der Waals surface area contributed by atoms with Crippen molar-refractivity contribution >= 4 is 17.0 Å². The van der Waals surface area contributed by atoms with E-state index in [4.69, 9.17) is 9.47 Å². The second-order valence-corrected chi connectivity index (χ2v) is 5.49. The molecular weight excluding hydrogens is 326 g/mol. The van der Waals surface area contributed by atoms with Crippen molar-refractivity contribution in [2.45, 2.75) is 13.3 Å². The Hall–Kier alpha value is -3.36. The monoisotopic (exact) mass is 341 g/mol. The van der Waals surface area contributed by atoms with Crippen molar-refractivity contribution in [3.63, 3.8) is 0 Å². The molecule has 3 heterocycles. The first kappa shape index (κ1) is 15.2. The molecule has 0 spiro atoms. The molecule has 128 valence electrons. The highest BCUT2D eigenvalue weighted by molar-refractivity contribution is 5.73. The Morgan fingerprint density at radius 3 is 2.96 bits per heavy atom. The minimum Gasteiger partial charge on any atom is -0.454 e. The van der Waals surface area contributed by atoms with Crippen LogP contribution in [0, 0.1) is 0 Å². The standard InChI is InChI=1S/C16H15N5O4/c1-2-5-17-15-18-7-10-13(19-15)20-16(23)21(14(10)22)9-3-4-11-12(6-9)25-8-24-11/h3-4,6-7H,2,5,8H2,1H3,(H2,17,18,19,20,23). The van der Waals surface area contributed by atoms with Crippen LogP contribution in [0.4, 0.5) is 5.95 Å². The van der Waals surface area contributed by atoms with Crippen LogP contribution in [0.2, 0.25) is 0 Å². The summed E-state index contributed by atoms with van der Waals surface area (Å²) in [6, 6.07) is 4.86. The van der Waals surface area contributed by atoms with Gasteiger partial charge >= 0.3 is 5.69 Å². The van der Waals surface area contributed by atoms with Crippen LogP contribution >= 0.6 is 0 Å². The lowest BCUT2D eigenvalue weighted by Gasteiger charge is -2.08. The summed E-state index contributed by atoms with van der Waals surface area (Å²) in [5.74, 6) is 1.42. The highest BCUT2D eigenvalue weighted by Gasteiger charge is 2.17. The molecule has 0 fully saturated rings. The van der Waals surface area contributed by atoms with Gasteiger partial charge in [-0.25, -0.2) is 14.3 Å². The number of H-pyrrole nitrogens is 1. The lowest BCUT2D eigenvalue weighted by molar-refractivity contribution is 0.174. The predicted molar refractivity (Wildman–Crippen MR) is 90.7 cm³/mol. The van der Waals surface area contributed by atoms with Crippen molar-refractivity contribution in [3.05, 3.63) is 45.2 Å². The molecule has 25 heavy (non-hydrogen) atoms. The van der Waals surface area contributed by atoms with E-state index in [2.05, 4.69) is 20.3 Å². The number of anilines is 1. The molecule has 0 bridgehead atoms. The fraction of sp³-hybridized carbons (Fsp3) is 0.250. The fourth-order valence-corrected chi connectivity index (χ4v) is 2.58. The molecule has 4 rings (SSSR count). The van der Waals surface area contributed by atoms with E-state index in [0.717, 1.165) is 11.0 Å². The maximum absolute atomic E-state index is 12.7. The summed E-state index contributed by atoms with van der Waals surface area (Å²) in [5, 5.41) is 3.24. The number of benzene rings is 1. The average molecular weight is 341 g/mol. The number of nitrogens with one attached hydrogen (secondary N) is 2. The van der Waals surface area contributed by atoms with Crippen LogP contribution in [-0.2, 0) is 0 Å². The highest BCUT2D eigenvalue weighted by atomic mass is 16.7. The third-order valence-corrected chi connectivity index (χ3v) is 3.80. The number of hydrogen-bond donors (Lipinski definition) is 2. The van der Waals surface area contributed by atoms with Crippen LogP contribution in [0.25, 0.3) is 16.7 Å². The lowest BCUT2D eigenvalue weighted by Crippen LogP contribution is -2.34. The topological polar surface area (TPSA) is 111 Å². The predicted octanol–water partition coefficient (Wildman–Crippen LogP) is 1.02. The first-order valence-corrected chi connectivity index (χ1v) is 7.83. The van der Waals surface area contributed by atoms with Gasteiger partial charge in [0, 0.05) is 18.8 Å². The molecule has 0 unspecified atom stereocenters. The van der Waals surface area contributed by atoms with Crippen LogP contribution in [0.3, 0.4) is 0 Å². The highest BCUT2D eigenvalue weighted by Crippen LogP contribution is 2.33. The van der Waals surface area contributed by atoms with Gasteiger partial charge in [0.1, 0.15) is 5.39 Å². The Kier molecular flexibility index (Phi) is 3.60. The van der Waals surface area contributed by atoms with Gasteiger partial charge < -0.3 is 14.8 Å². The van der Waals surface area contributed by atoms with Gasteiger partial charge in [0.2, 0.25) is 12.7 Å². The minimum absolute atomic E-state index is 0.114. The molecule has 0 saturated heterocycles. The summed E-state index contributed by atoms with van der Waals surface area (Å²) >= 11 is 0. The van der Waals surface area contributed by atoms with Gasteiger partial charge in [0.15, 0.2) is 17.1 Å². The van der Waals surface area contributed by atoms with Crippen molar-refractivity contribution < 1.29 is 9.47 Å². The van der Waals surface area contributed by atoms with E-state index in [0.29, 0.717) is 29.7 Å². The quantitative estimate of drug-likeness (QED) is 0.729. The maximum Gasteiger partial charge on any atom is 0.334 e. The number of nitrogens with zero attached hydrogens (tertiary/aromatic N) is 3. The molecule has 9 heteroatoms. The van der Waals surface area contributed by atoms with Crippen LogP contribution in [0.5, 0.6) is 11.5 Å². The van der Waals surface area contributed by atoms with Gasteiger partial charge in [-0.05, 0) is 18.6 Å². The molecule has 0 aliphatic carbocycles. The van der Waals surface area contributed by atoms with E-state index in [1.54, 1.807) is 18.2 Å². The zero-order valence-corrected chi connectivity index (χ0v) is 13.4. The fourth-order valence-electron chi connectivity index (χ4n) is 2.58. The van der Waals surface area contributed by atoms with Gasteiger partial charge in [0.05, 0.1) is 5.69 Å². The van der Waals surface area contributed by atoms with E-state index >= 15 is 0 Å². The molecule has 1 aliphatic heterocycles. The zero-order chi connectivity index (χ0) is 17.4. The molecular formula is C16H15N5O4. The van der Waals surface area contributed by atoms with Gasteiger partial charge in [0.25, 0.3) is 5.56 Å². The summed E-state index contributed by atoms with van der Waals surface area (Å²) in [6.45, 7) is 2.83. The van der Waals surface area contributed by atoms with Gasteiger partial charge in [-0.2, -0.15) is 4.98 Å². The molecule has 0 atom stereocenters. The Balaban J connectivity index is 1.85. The smallest absolute Gasteiger partial charge is 0.334 e. The average Bonchev–Trinajstić information content (AvgIpc) is 3.07. The van der Waals surface area contributed by atoms with E-state index in [9.17, 15) is 9.59 Å². The van der Waals surface area contributed by atoms with Crippen LogP contribution < -0.4 is 26.0 Å². The Morgan fingerprint density at radius 1 is 1.28 bits per heavy atom. The SMILES string of the molecule is CCCNc1ncc2c(=O)n(-c3ccc4c(c3)OCO4)c(=O)[nH]c2n1. The summed E-state index contributed by atoms with van der Waals surface area (Å²) in [6.07, 6.45) is 2.31. The Labute approximate surface area is 141 Å². The van der Waals surface area contributed by atoms with Crippen molar-refractivity contribution in [2.24, 2.45) is 0 Å². The number of fused-ring (bicyclic) bond motifs is 2. The molecule has 1 aromatic carbocycles. The van der Waals surface area contributed by atoms with E-state index in [1.807, 2.05) is 6.92 Å². The van der Waals surface area contributed by atoms with Crippen molar-refractivity contribution in [2.75, 3.05) is 18.7 Å². The normalized spacial score (nSPS) is 12.5. The van der Waals surface area contributed by atoms with E-state index < -0.39 is 11.2 Å². The maximum atomic E-state index is 12.7. The van der Waals surface area contributed by atoms with Gasteiger partial charge in [-0.3, -0.25) is 9.78 Å². The van der Waals surface area contributed by atoms with Crippen LogP contribution in [-0.4, -0.2) is 32.9 Å². The second kappa shape index (κ2) is 5.93. The number of aromatic amines is 1. The molecule has 2 N–H and O–H groups in total. The zero-order valence-electron chi connectivity index (χ0n) is 13.4. The summed E-state index contributed by atoms with van der Waals surface area (Å²) in [4.78, 5) is 36.1. The summed E-state index contributed by atoms with van der Waals surface area (Å²) < 4.78 is 11.6. The molecule has 1 aliphatic rings. The largest absolute Gasteiger partial charge is 0.454 e. The first-order valence-electron chi connectivity index (χ1n) is 7.83. The van der Waals surface area contributed by atoms with Crippen molar-refractivity contribution in [1.29, 1.82) is 0 Å². The molecule has 0 saturated carbocycles. The van der Waals surface area contributed by atoms with Crippen LogP contribution in [0.1, 0.15) is 13.3 Å². The first-order chi connectivity index (χ1) is 12.2. The third kappa shape index (κ3) is 2.59. The van der Waals surface area contributed by atoms with Crippen LogP contribution in [0.15, 0.2) is 34.0 Å². The van der Waals surface area contributed by atoms with Crippen molar-refractivity contribution in [1.82, 2.24) is 19.5 Å². The molecule has 0 amide bonds. The van der Waals surface area contributed by atoms with E-state index in [-0.39, 0.29) is 17.8 Å². The lowest BCUT2D eigenvalue weighted by atomic mass is 10.2. The van der Waals surface area contributed by atoms with Crippen molar-refractivity contribution in [3.8, 4) is 17.2 Å². The van der Waals surface area contributed by atoms with E-state index in [1.165, 1.54) is 6.20 Å².